The molecule has 0 saturated carbocycles. The summed E-state index contributed by atoms with van der Waals surface area (Å²) in [7, 11) is 6.03. The first-order chi connectivity index (χ1) is 17.6. The number of hydrogen-bond donors (Lipinski definition) is 0. The van der Waals surface area contributed by atoms with Crippen LogP contribution in [0.2, 0.25) is 0 Å². The number of carbonyl (C=O) groups is 1. The van der Waals surface area contributed by atoms with Crippen molar-refractivity contribution in [3.63, 3.8) is 0 Å². The van der Waals surface area contributed by atoms with E-state index >= 15 is 0 Å². The summed E-state index contributed by atoms with van der Waals surface area (Å²) < 4.78 is 33.3. The molecule has 3 aromatic rings. The van der Waals surface area contributed by atoms with E-state index in [0.29, 0.717) is 39.5 Å². The molecule has 2 aromatic carbocycles. The Morgan fingerprint density at radius 2 is 1.78 bits per heavy atom. The van der Waals surface area contributed by atoms with Gasteiger partial charge in [-0.1, -0.05) is 0 Å². The molecule has 2 heterocycles. The maximum Gasteiger partial charge on any atom is 0.314 e. The predicted octanol–water partition coefficient (Wildman–Crippen LogP) is 4.62. The first kappa shape index (κ1) is 23.7. The highest BCUT2D eigenvalue weighted by Crippen LogP contribution is 2.50. The normalized spacial score (nSPS) is 17.9. The van der Waals surface area contributed by atoms with E-state index in [1.54, 1.807) is 33.7 Å². The van der Waals surface area contributed by atoms with Crippen LogP contribution in [0.5, 0.6) is 28.7 Å². The smallest absolute Gasteiger partial charge is 0.314 e. The number of rotatable bonds is 7. The van der Waals surface area contributed by atoms with Gasteiger partial charge in [-0.15, -0.1) is 11.3 Å². The van der Waals surface area contributed by atoms with Gasteiger partial charge in [0.05, 0.1) is 34.4 Å². The first-order valence-electron chi connectivity index (χ1n) is 11.0. The topological polar surface area (TPSA) is 97.7 Å². The van der Waals surface area contributed by atoms with Crippen molar-refractivity contribution in [2.45, 2.75) is 5.92 Å². The Hall–Kier alpha value is -4.05. The summed E-state index contributed by atoms with van der Waals surface area (Å²) in [5, 5.41) is 2.43. The zero-order chi connectivity index (χ0) is 25.2. The number of benzene rings is 2. The lowest BCUT2D eigenvalue weighted by Gasteiger charge is -2.32. The Kier molecular flexibility index (Phi) is 6.51. The van der Waals surface area contributed by atoms with Gasteiger partial charge in [-0.2, -0.15) is 0 Å². The fraction of sp³-hybridized carbons (Fsp3) is 0.269. The minimum atomic E-state index is -0.714. The molecule has 0 fully saturated rings. The second-order valence-electron chi connectivity index (χ2n) is 7.99. The molecule has 0 spiro atoms. The summed E-state index contributed by atoms with van der Waals surface area (Å²) in [5.41, 5.74) is 3.18. The lowest BCUT2D eigenvalue weighted by Crippen LogP contribution is -2.30. The fourth-order valence-electron chi connectivity index (χ4n) is 4.59. The number of methoxy groups -OCH3 is 4. The summed E-state index contributed by atoms with van der Waals surface area (Å²) >= 11 is 1.40. The second kappa shape index (κ2) is 9.90. The molecular formula is C26H24N2O7S. The molecule has 36 heavy (non-hydrogen) atoms. The maximum absolute atomic E-state index is 13.3. The van der Waals surface area contributed by atoms with Gasteiger partial charge in [0, 0.05) is 23.7 Å². The number of carbonyl (C=O) groups excluding carboxylic acids is 1. The van der Waals surface area contributed by atoms with Crippen LogP contribution in [0.3, 0.4) is 0 Å². The number of esters is 1. The zero-order valence-corrected chi connectivity index (χ0v) is 21.0. The summed E-state index contributed by atoms with van der Waals surface area (Å²) in [4.78, 5) is 22.0. The molecule has 1 aromatic heterocycles. The molecule has 0 saturated heterocycles. The highest BCUT2D eigenvalue weighted by Gasteiger charge is 2.40. The lowest BCUT2D eigenvalue weighted by molar-refractivity contribution is -0.144. The van der Waals surface area contributed by atoms with Gasteiger partial charge in [0.2, 0.25) is 17.7 Å². The Labute approximate surface area is 211 Å². The van der Waals surface area contributed by atoms with Crippen LogP contribution in [-0.4, -0.2) is 52.4 Å². The Morgan fingerprint density at radius 1 is 1.06 bits per heavy atom. The third kappa shape index (κ3) is 4.13. The van der Waals surface area contributed by atoms with E-state index in [9.17, 15) is 4.79 Å². The summed E-state index contributed by atoms with van der Waals surface area (Å²) in [6, 6.07) is 7.51. The predicted molar refractivity (Wildman–Crippen MR) is 134 cm³/mol. The third-order valence-electron chi connectivity index (χ3n) is 6.17. The van der Waals surface area contributed by atoms with Gasteiger partial charge in [-0.05, 0) is 52.6 Å². The Balaban J connectivity index is 1.74. The van der Waals surface area contributed by atoms with Crippen molar-refractivity contribution < 1.29 is 33.2 Å². The molecule has 5 rings (SSSR count). The number of aliphatic imine (C=N–C) groups is 1. The van der Waals surface area contributed by atoms with Crippen molar-refractivity contribution in [2.24, 2.45) is 10.9 Å². The van der Waals surface area contributed by atoms with E-state index < -0.39 is 17.8 Å². The number of aromatic nitrogens is 1. The number of thiazole rings is 1. The molecule has 10 heteroatoms. The standard InChI is InChI=1S/C26H24N2O7S/c1-30-20-9-15(10-21(31-2)24(20)32-3)22-17-11-19-18(34-13-35-19)8-14(17)7-16(23(22)25(29)33-4)12-28-26-27-5-6-36-26/h5-12,22-23H,13H2,1-4H3/b28-12+/t22?,23-/m1/s1. The number of hydrogen-bond acceptors (Lipinski definition) is 10. The molecule has 1 aliphatic heterocycles. The van der Waals surface area contributed by atoms with Gasteiger partial charge in [-0.25, -0.2) is 9.98 Å². The Bertz CT molecular complexity index is 1330. The quantitative estimate of drug-likeness (QED) is 0.337. The Morgan fingerprint density at radius 3 is 2.39 bits per heavy atom. The van der Waals surface area contributed by atoms with Gasteiger partial charge in [0.1, 0.15) is 0 Å². The molecule has 0 amide bonds. The van der Waals surface area contributed by atoms with E-state index in [4.69, 9.17) is 28.4 Å². The highest BCUT2D eigenvalue weighted by molar-refractivity contribution is 7.13. The van der Waals surface area contributed by atoms with Gasteiger partial charge in [0.25, 0.3) is 0 Å². The van der Waals surface area contributed by atoms with Gasteiger partial charge < -0.3 is 28.4 Å². The number of fused-ring (bicyclic) bond motifs is 2. The molecule has 0 bridgehead atoms. The summed E-state index contributed by atoms with van der Waals surface area (Å²) in [6.07, 6.45) is 5.27. The monoisotopic (exact) mass is 508 g/mol. The van der Waals surface area contributed by atoms with Crippen LogP contribution in [0.1, 0.15) is 22.6 Å². The van der Waals surface area contributed by atoms with Crippen LogP contribution in [0.4, 0.5) is 5.13 Å². The second-order valence-corrected chi connectivity index (χ2v) is 8.86. The van der Waals surface area contributed by atoms with E-state index in [1.807, 2.05) is 35.7 Å². The molecule has 0 N–H and O–H groups in total. The zero-order valence-electron chi connectivity index (χ0n) is 20.1. The molecule has 0 radical (unpaired) electrons. The van der Waals surface area contributed by atoms with E-state index in [-0.39, 0.29) is 6.79 Å². The molecule has 2 atom stereocenters. The SMILES string of the molecule is COC(=O)[C@@H]1C(/C=N/c2nccs2)=Cc2cc3c(cc2C1c1cc(OC)c(OC)c(OC)c1)OCO3. The average Bonchev–Trinajstić information content (AvgIpc) is 3.60. The number of nitrogens with zero attached hydrogens (tertiary/aromatic N) is 2. The van der Waals surface area contributed by atoms with Crippen LogP contribution < -0.4 is 23.7 Å². The van der Waals surface area contributed by atoms with Crippen LogP contribution in [-0.2, 0) is 9.53 Å². The minimum absolute atomic E-state index is 0.135. The summed E-state index contributed by atoms with van der Waals surface area (Å²) in [5.74, 6) is 1.07. The van der Waals surface area contributed by atoms with Crippen LogP contribution in [0.25, 0.3) is 6.08 Å². The van der Waals surface area contributed by atoms with Crippen LogP contribution >= 0.6 is 11.3 Å². The lowest BCUT2D eigenvalue weighted by atomic mass is 9.71. The first-order valence-corrected chi connectivity index (χ1v) is 11.9. The van der Waals surface area contributed by atoms with Crippen molar-refractivity contribution in [1.29, 1.82) is 0 Å². The fourth-order valence-corrected chi connectivity index (χ4v) is 5.07. The third-order valence-corrected chi connectivity index (χ3v) is 6.85. The highest BCUT2D eigenvalue weighted by atomic mass is 32.1. The molecule has 186 valence electrons. The van der Waals surface area contributed by atoms with E-state index in [1.165, 1.54) is 18.4 Å². The van der Waals surface area contributed by atoms with Crippen molar-refractivity contribution in [1.82, 2.24) is 4.98 Å². The van der Waals surface area contributed by atoms with Gasteiger partial charge >= 0.3 is 5.97 Å². The number of ether oxygens (including phenoxy) is 6. The van der Waals surface area contributed by atoms with Crippen molar-refractivity contribution in [3.05, 3.63) is 58.1 Å². The molecule has 9 nitrogen and oxygen atoms in total. The van der Waals surface area contributed by atoms with Crippen molar-refractivity contribution in [2.75, 3.05) is 35.2 Å². The summed E-state index contributed by atoms with van der Waals surface area (Å²) in [6.45, 7) is 0.135. The van der Waals surface area contributed by atoms with Crippen LogP contribution in [0, 0.1) is 5.92 Å². The van der Waals surface area contributed by atoms with E-state index in [2.05, 4.69) is 9.98 Å². The minimum Gasteiger partial charge on any atom is -0.493 e. The average molecular weight is 509 g/mol. The molecular weight excluding hydrogens is 484 g/mol. The molecule has 1 aliphatic carbocycles. The van der Waals surface area contributed by atoms with Gasteiger partial charge in [-0.3, -0.25) is 4.79 Å². The van der Waals surface area contributed by atoms with Crippen molar-refractivity contribution in [3.8, 4) is 28.7 Å². The maximum atomic E-state index is 13.3. The van der Waals surface area contributed by atoms with Crippen molar-refractivity contribution >= 4 is 34.7 Å². The van der Waals surface area contributed by atoms with Gasteiger partial charge in [0.15, 0.2) is 23.0 Å². The van der Waals surface area contributed by atoms with Crippen LogP contribution in [0.15, 0.2) is 46.4 Å². The molecule has 1 unspecified atom stereocenters. The molecule has 2 aliphatic rings. The van der Waals surface area contributed by atoms with E-state index in [0.717, 1.165) is 16.7 Å². The largest absolute Gasteiger partial charge is 0.493 e.